The highest BCUT2D eigenvalue weighted by atomic mass is 79.9. The van der Waals surface area contributed by atoms with Crippen molar-refractivity contribution in [2.24, 2.45) is 0 Å². The zero-order valence-corrected chi connectivity index (χ0v) is 25.7. The average molecular weight is 655 g/mol. The average Bonchev–Trinajstić information content (AvgIpc) is 2.90. The summed E-state index contributed by atoms with van der Waals surface area (Å²) >= 11 is 15.9. The van der Waals surface area contributed by atoms with Crippen LogP contribution >= 0.6 is 39.1 Å². The molecular formula is C28H30BrCl2N3O4S. The van der Waals surface area contributed by atoms with Crippen LogP contribution in [0.15, 0.2) is 82.2 Å². The van der Waals surface area contributed by atoms with Gasteiger partial charge in [0, 0.05) is 22.1 Å². The van der Waals surface area contributed by atoms with Gasteiger partial charge in [-0.3, -0.25) is 13.9 Å². The molecule has 0 aliphatic rings. The largest absolute Gasteiger partial charge is 0.352 e. The van der Waals surface area contributed by atoms with Gasteiger partial charge in [0.25, 0.3) is 10.0 Å². The second-order valence-corrected chi connectivity index (χ2v) is 12.7. The van der Waals surface area contributed by atoms with Crippen LogP contribution in [0.3, 0.4) is 0 Å². The molecule has 0 aliphatic heterocycles. The molecule has 0 spiro atoms. The first kappa shape index (κ1) is 30.9. The van der Waals surface area contributed by atoms with Crippen LogP contribution in [0.25, 0.3) is 0 Å². The van der Waals surface area contributed by atoms with Crippen LogP contribution in [0.4, 0.5) is 5.69 Å². The summed E-state index contributed by atoms with van der Waals surface area (Å²) in [5, 5.41) is 3.29. The number of amides is 2. The van der Waals surface area contributed by atoms with Crippen LogP contribution in [-0.2, 0) is 26.2 Å². The van der Waals surface area contributed by atoms with Gasteiger partial charge in [-0.15, -0.1) is 0 Å². The lowest BCUT2D eigenvalue weighted by molar-refractivity contribution is -0.139. The van der Waals surface area contributed by atoms with Crippen molar-refractivity contribution in [3.63, 3.8) is 0 Å². The topological polar surface area (TPSA) is 86.8 Å². The molecule has 2 atom stereocenters. The van der Waals surface area contributed by atoms with Crippen molar-refractivity contribution in [2.75, 3.05) is 10.8 Å². The first-order valence-electron chi connectivity index (χ1n) is 12.3. The summed E-state index contributed by atoms with van der Waals surface area (Å²) in [7, 11) is -4.22. The maximum Gasteiger partial charge on any atom is 0.264 e. The fourth-order valence-electron chi connectivity index (χ4n) is 3.80. The van der Waals surface area contributed by atoms with Crippen molar-refractivity contribution in [3.05, 3.63) is 92.9 Å². The Morgan fingerprint density at radius 3 is 2.28 bits per heavy atom. The van der Waals surface area contributed by atoms with E-state index in [1.165, 1.54) is 35.2 Å². The SMILES string of the molecule is CC[C@@H](C)NC(=O)[C@@H](C)N(Cc1cccc(Br)c1)C(=O)CN(c1ccc(Cl)cc1Cl)S(=O)(=O)c1ccccc1. The molecule has 0 heterocycles. The summed E-state index contributed by atoms with van der Waals surface area (Å²) in [6.07, 6.45) is 0.718. The van der Waals surface area contributed by atoms with Gasteiger partial charge in [0.2, 0.25) is 11.8 Å². The number of carbonyl (C=O) groups is 2. The van der Waals surface area contributed by atoms with E-state index in [0.29, 0.717) is 5.02 Å². The summed E-state index contributed by atoms with van der Waals surface area (Å²) in [5.74, 6) is -0.915. The van der Waals surface area contributed by atoms with Gasteiger partial charge in [0.1, 0.15) is 12.6 Å². The molecule has 0 aliphatic carbocycles. The summed E-state index contributed by atoms with van der Waals surface area (Å²) < 4.78 is 29.4. The molecule has 0 aromatic heterocycles. The summed E-state index contributed by atoms with van der Waals surface area (Å²) in [6, 6.07) is 18.5. The summed E-state index contributed by atoms with van der Waals surface area (Å²) in [5.41, 5.74) is 0.861. The van der Waals surface area contributed by atoms with Gasteiger partial charge >= 0.3 is 0 Å². The fourth-order valence-corrected chi connectivity index (χ4v) is 6.26. The van der Waals surface area contributed by atoms with Crippen LogP contribution < -0.4 is 9.62 Å². The number of carbonyl (C=O) groups excluding carboxylic acids is 2. The van der Waals surface area contributed by atoms with Crippen molar-refractivity contribution >= 4 is 66.7 Å². The monoisotopic (exact) mass is 653 g/mol. The number of anilines is 1. The van der Waals surface area contributed by atoms with Gasteiger partial charge in [-0.2, -0.15) is 0 Å². The first-order chi connectivity index (χ1) is 18.4. The smallest absolute Gasteiger partial charge is 0.264 e. The van der Waals surface area contributed by atoms with E-state index in [2.05, 4.69) is 21.2 Å². The Kier molecular flexibility index (Phi) is 10.8. The van der Waals surface area contributed by atoms with Crippen LogP contribution in [0, 0.1) is 0 Å². The molecule has 0 unspecified atom stereocenters. The number of sulfonamides is 1. The van der Waals surface area contributed by atoms with E-state index in [1.807, 2.05) is 38.1 Å². The number of hydrogen-bond acceptors (Lipinski definition) is 4. The van der Waals surface area contributed by atoms with Gasteiger partial charge in [0.05, 0.1) is 15.6 Å². The minimum absolute atomic E-state index is 0.00933. The highest BCUT2D eigenvalue weighted by Gasteiger charge is 2.33. The molecule has 7 nitrogen and oxygen atoms in total. The molecule has 2 amide bonds. The van der Waals surface area contributed by atoms with E-state index in [9.17, 15) is 18.0 Å². The van der Waals surface area contributed by atoms with Crippen molar-refractivity contribution in [1.29, 1.82) is 0 Å². The number of hydrogen-bond donors (Lipinski definition) is 1. The molecule has 1 N–H and O–H groups in total. The Labute approximate surface area is 248 Å². The van der Waals surface area contributed by atoms with Gasteiger partial charge in [-0.05, 0) is 68.3 Å². The van der Waals surface area contributed by atoms with E-state index in [-0.39, 0.29) is 34.1 Å². The highest BCUT2D eigenvalue weighted by Crippen LogP contribution is 2.33. The van der Waals surface area contributed by atoms with Gasteiger partial charge < -0.3 is 10.2 Å². The van der Waals surface area contributed by atoms with Crippen molar-refractivity contribution in [2.45, 2.75) is 50.7 Å². The summed E-state index contributed by atoms with van der Waals surface area (Å²) in [4.78, 5) is 28.4. The maximum atomic E-state index is 13.9. The molecule has 11 heteroatoms. The van der Waals surface area contributed by atoms with Crippen LogP contribution in [0.1, 0.15) is 32.8 Å². The van der Waals surface area contributed by atoms with Gasteiger partial charge in [-0.1, -0.05) is 76.4 Å². The Morgan fingerprint density at radius 2 is 1.67 bits per heavy atom. The molecule has 39 heavy (non-hydrogen) atoms. The predicted molar refractivity (Wildman–Crippen MR) is 159 cm³/mol. The normalized spacial score (nSPS) is 12.9. The van der Waals surface area contributed by atoms with Crippen LogP contribution in [0.5, 0.6) is 0 Å². The standard InChI is InChI=1S/C28H30BrCl2N3O4S/c1-4-19(2)32-28(36)20(3)33(17-21-9-8-10-22(29)15-21)27(35)18-34(26-14-13-23(30)16-25(26)31)39(37,38)24-11-6-5-7-12-24/h5-16,19-20H,4,17-18H2,1-3H3,(H,32,36)/t19-,20-/m1/s1. The number of rotatable bonds is 11. The quantitative estimate of drug-likeness (QED) is 0.264. The third-order valence-electron chi connectivity index (χ3n) is 6.20. The Morgan fingerprint density at radius 1 is 0.974 bits per heavy atom. The maximum absolute atomic E-state index is 13.9. The van der Waals surface area contributed by atoms with E-state index in [0.717, 1.165) is 20.8 Å². The number of halogens is 3. The molecule has 0 fully saturated rings. The summed E-state index contributed by atoms with van der Waals surface area (Å²) in [6.45, 7) is 4.94. The second kappa shape index (κ2) is 13.7. The third-order valence-corrected chi connectivity index (χ3v) is 9.00. The molecule has 0 bridgehead atoms. The molecule has 0 saturated carbocycles. The van der Waals surface area contributed by atoms with Gasteiger partial charge in [-0.25, -0.2) is 8.42 Å². The predicted octanol–water partition coefficient (Wildman–Crippen LogP) is 6.28. The first-order valence-corrected chi connectivity index (χ1v) is 15.3. The van der Waals surface area contributed by atoms with Crippen molar-refractivity contribution in [3.8, 4) is 0 Å². The highest BCUT2D eigenvalue weighted by molar-refractivity contribution is 9.10. The zero-order valence-electron chi connectivity index (χ0n) is 21.8. The lowest BCUT2D eigenvalue weighted by Crippen LogP contribution is -2.52. The van der Waals surface area contributed by atoms with Crippen LogP contribution in [0.2, 0.25) is 10.0 Å². The van der Waals surface area contributed by atoms with E-state index >= 15 is 0 Å². The second-order valence-electron chi connectivity index (χ2n) is 9.07. The minimum Gasteiger partial charge on any atom is -0.352 e. The van der Waals surface area contributed by atoms with Crippen molar-refractivity contribution < 1.29 is 18.0 Å². The molecule has 3 aromatic carbocycles. The lowest BCUT2D eigenvalue weighted by Gasteiger charge is -2.32. The molecule has 208 valence electrons. The minimum atomic E-state index is -4.22. The Bertz CT molecular complexity index is 1420. The molecule has 3 aromatic rings. The Hall–Kier alpha value is -2.59. The van der Waals surface area contributed by atoms with Gasteiger partial charge in [0.15, 0.2) is 0 Å². The van der Waals surface area contributed by atoms with E-state index in [4.69, 9.17) is 23.2 Å². The number of nitrogens with zero attached hydrogens (tertiary/aromatic N) is 2. The molecular weight excluding hydrogens is 625 g/mol. The van der Waals surface area contributed by atoms with E-state index < -0.39 is 28.5 Å². The number of nitrogens with one attached hydrogen (secondary N) is 1. The molecule has 3 rings (SSSR count). The lowest BCUT2D eigenvalue weighted by atomic mass is 10.1. The molecule has 0 radical (unpaired) electrons. The number of benzene rings is 3. The fraction of sp³-hybridized carbons (Fsp3) is 0.286. The van der Waals surface area contributed by atoms with Crippen molar-refractivity contribution in [1.82, 2.24) is 10.2 Å². The third kappa shape index (κ3) is 7.97. The van der Waals surface area contributed by atoms with E-state index in [1.54, 1.807) is 25.1 Å². The molecule has 0 saturated heterocycles. The Balaban J connectivity index is 2.05. The zero-order chi connectivity index (χ0) is 28.7. The van der Waals surface area contributed by atoms with Crippen LogP contribution in [-0.4, -0.2) is 43.8 Å².